The molecule has 0 amide bonds. The van der Waals surface area contributed by atoms with Crippen molar-refractivity contribution in [1.82, 2.24) is 0 Å². The molecule has 0 bridgehead atoms. The van der Waals surface area contributed by atoms with Gasteiger partial charge < -0.3 is 0 Å². The number of hydrogen-bond donors (Lipinski definition) is 2. The van der Waals surface area contributed by atoms with Crippen LogP contribution in [0.5, 0.6) is 0 Å². The van der Waals surface area contributed by atoms with E-state index in [0.717, 1.165) is 4.35 Å². The third-order valence-electron chi connectivity index (χ3n) is 1.82. The summed E-state index contributed by atoms with van der Waals surface area (Å²) in [5, 5.41) is 23.0. The monoisotopic (exact) mass is 306 g/mol. The summed E-state index contributed by atoms with van der Waals surface area (Å²) in [6.45, 7) is 0. The van der Waals surface area contributed by atoms with Gasteiger partial charge in [-0.3, -0.25) is 0 Å². The van der Waals surface area contributed by atoms with Crippen molar-refractivity contribution >= 4 is 23.6 Å². The van der Waals surface area contributed by atoms with Crippen LogP contribution in [0, 0.1) is 15.0 Å². The molecule has 0 saturated heterocycles. The number of benzene rings is 1. The van der Waals surface area contributed by atoms with Gasteiger partial charge in [0.25, 0.3) is 0 Å². The Hall–Kier alpha value is -1.62. The maximum Gasteiger partial charge on any atom is 0.472 e. The first-order valence-corrected chi connectivity index (χ1v) is 11.1. The van der Waals surface area contributed by atoms with E-state index in [-0.39, 0.29) is 10.6 Å². The molecule has 1 aromatic rings. The molecule has 0 radical (unpaired) electrons. The summed E-state index contributed by atoms with van der Waals surface area (Å²) in [5.74, 6) is 0. The Morgan fingerprint density at radius 3 is 2.00 bits per heavy atom. The number of nitro groups is 1. The molecule has 0 aliphatic carbocycles. The fourth-order valence-electron chi connectivity index (χ4n) is 1.02. The average Bonchev–Trinajstić information content (AvgIpc) is 2.15. The Kier molecular flexibility index (Phi) is 5.61. The van der Waals surface area contributed by atoms with Crippen LogP contribution in [0.4, 0.5) is 5.69 Å². The van der Waals surface area contributed by atoms with E-state index < -0.39 is 18.6 Å². The zero-order chi connectivity index (χ0) is 13.6. The van der Waals surface area contributed by atoms with Crippen molar-refractivity contribution in [3.63, 3.8) is 0 Å². The van der Waals surface area contributed by atoms with Crippen LogP contribution in [0.3, 0.4) is 0 Å². The third kappa shape index (κ3) is 6.52. The topological polar surface area (TPSA) is 104 Å². The van der Waals surface area contributed by atoms with Crippen LogP contribution in [0.2, 0.25) is 17.1 Å². The molecule has 0 spiro atoms. The van der Waals surface area contributed by atoms with Gasteiger partial charge in [-0.2, -0.15) is 0 Å². The first-order valence-electron chi connectivity index (χ1n) is 4.56. The Morgan fingerprint density at radius 1 is 1.18 bits per heavy atom. The van der Waals surface area contributed by atoms with E-state index in [2.05, 4.69) is 17.1 Å². The molecule has 0 fully saturated rings. The standard InChI is InChI=1S/C9H13AsNO2.H2NO3/c1-10(2,3)8-5-4-6-9(7-8)11(12)13;2-1(3)4/h4-7H,1-3H3;(H2,2,3,4)/q2*+1. The van der Waals surface area contributed by atoms with E-state index in [4.69, 9.17) is 15.3 Å². The van der Waals surface area contributed by atoms with Crippen molar-refractivity contribution in [2.45, 2.75) is 17.1 Å². The Bertz CT molecular complexity index is 412. The molecule has 0 heterocycles. The minimum atomic E-state index is -1.74. The summed E-state index contributed by atoms with van der Waals surface area (Å²) in [7, 11) is 0. The van der Waals surface area contributed by atoms with E-state index in [1.807, 2.05) is 6.07 Å². The smallest absolute Gasteiger partial charge is 0.201 e. The van der Waals surface area contributed by atoms with E-state index in [1.54, 1.807) is 12.1 Å². The van der Waals surface area contributed by atoms with Crippen molar-refractivity contribution < 1.29 is 20.4 Å². The molecular formula is C9H15AsN2O5+2. The number of nitrogens with zero attached hydrogens (tertiary/aromatic N) is 2. The summed E-state index contributed by atoms with van der Waals surface area (Å²) in [6, 6.07) is 6.99. The molecule has 0 aliphatic rings. The molecule has 8 heteroatoms. The minimum absolute atomic E-state index is 0.203. The maximum absolute atomic E-state index is 10.5. The van der Waals surface area contributed by atoms with Gasteiger partial charge in [-0.1, -0.05) is 0 Å². The fourth-order valence-corrected chi connectivity index (χ4v) is 3.23. The van der Waals surface area contributed by atoms with Gasteiger partial charge in [0, 0.05) is 0 Å². The van der Waals surface area contributed by atoms with Crippen LogP contribution >= 0.6 is 0 Å². The van der Waals surface area contributed by atoms with Crippen molar-refractivity contribution in [3.05, 3.63) is 39.3 Å². The SMILES string of the molecule is C[As+](C)(C)c1cccc([N+](=O)[O-])c1.O=[N+](O)O. The van der Waals surface area contributed by atoms with Crippen LogP contribution in [-0.4, -0.2) is 34.0 Å². The Labute approximate surface area is 101 Å². The second-order valence-electron chi connectivity index (χ2n) is 4.04. The molecule has 0 aliphatic heterocycles. The second-order valence-corrected chi connectivity index (χ2v) is 13.6. The third-order valence-corrected chi connectivity index (χ3v) is 5.65. The van der Waals surface area contributed by atoms with Crippen LogP contribution in [-0.2, 0) is 0 Å². The van der Waals surface area contributed by atoms with Gasteiger partial charge in [0.1, 0.15) is 4.91 Å². The van der Waals surface area contributed by atoms with Gasteiger partial charge in [-0.05, 0) is 0 Å². The van der Waals surface area contributed by atoms with Crippen molar-refractivity contribution in [2.75, 3.05) is 0 Å². The van der Waals surface area contributed by atoms with Gasteiger partial charge in [0.2, 0.25) is 0 Å². The first kappa shape index (κ1) is 15.4. The van der Waals surface area contributed by atoms with Crippen LogP contribution in [0.1, 0.15) is 0 Å². The van der Waals surface area contributed by atoms with Crippen molar-refractivity contribution in [2.24, 2.45) is 0 Å². The number of non-ortho nitro benzene ring substituents is 1. The molecule has 94 valence electrons. The minimum Gasteiger partial charge on any atom is -0.201 e. The second kappa shape index (κ2) is 6.20. The molecule has 0 aromatic heterocycles. The molecule has 1 aromatic carbocycles. The van der Waals surface area contributed by atoms with Crippen molar-refractivity contribution in [3.8, 4) is 0 Å². The average molecular weight is 306 g/mol. The van der Waals surface area contributed by atoms with Crippen LogP contribution in [0.15, 0.2) is 24.3 Å². The molecule has 0 saturated carbocycles. The van der Waals surface area contributed by atoms with Crippen LogP contribution < -0.4 is 4.35 Å². The number of rotatable bonds is 2. The quantitative estimate of drug-likeness (QED) is 0.491. The zero-order valence-electron chi connectivity index (χ0n) is 9.77. The van der Waals surface area contributed by atoms with E-state index in [0.29, 0.717) is 0 Å². The van der Waals surface area contributed by atoms with Gasteiger partial charge in [0.15, 0.2) is 0 Å². The Balaban J connectivity index is 0.000000557. The molecule has 1 rings (SSSR count). The molecule has 0 unspecified atom stereocenters. The van der Waals surface area contributed by atoms with Gasteiger partial charge >= 0.3 is 85.1 Å². The van der Waals surface area contributed by atoms with E-state index in [1.165, 1.54) is 6.07 Å². The van der Waals surface area contributed by atoms with E-state index >= 15 is 0 Å². The van der Waals surface area contributed by atoms with Crippen molar-refractivity contribution in [1.29, 1.82) is 0 Å². The maximum atomic E-state index is 10.5. The van der Waals surface area contributed by atoms with E-state index in [9.17, 15) is 10.1 Å². The summed E-state index contributed by atoms with van der Waals surface area (Å²) < 4.78 is 1.16. The number of nitro benzene ring substituents is 1. The largest absolute Gasteiger partial charge is 0.472 e. The summed E-state index contributed by atoms with van der Waals surface area (Å²) in [4.78, 5) is 18.6. The molecule has 2 N–H and O–H groups in total. The summed E-state index contributed by atoms with van der Waals surface area (Å²) in [6.07, 6.45) is 0. The van der Waals surface area contributed by atoms with Gasteiger partial charge in [0.05, 0.1) is 0 Å². The Morgan fingerprint density at radius 2 is 1.65 bits per heavy atom. The normalized spacial score (nSPS) is 10.1. The number of hydrogen-bond acceptors (Lipinski definition) is 3. The molecule has 17 heavy (non-hydrogen) atoms. The van der Waals surface area contributed by atoms with Gasteiger partial charge in [-0.15, -0.1) is 0 Å². The fraction of sp³-hybridized carbons (Fsp3) is 0.333. The predicted molar refractivity (Wildman–Crippen MR) is 63.3 cm³/mol. The summed E-state index contributed by atoms with van der Waals surface area (Å²) in [5.41, 5.74) is 6.82. The summed E-state index contributed by atoms with van der Waals surface area (Å²) >= 11 is -1.74. The molecule has 7 nitrogen and oxygen atoms in total. The van der Waals surface area contributed by atoms with Crippen LogP contribution in [0.25, 0.3) is 0 Å². The van der Waals surface area contributed by atoms with Gasteiger partial charge in [-0.25, -0.2) is 10.4 Å². The molecular weight excluding hydrogens is 291 g/mol. The predicted octanol–water partition coefficient (Wildman–Crippen LogP) is 1.68. The molecule has 0 atom stereocenters. The zero-order valence-corrected chi connectivity index (χ0v) is 11.6. The first-order chi connectivity index (χ1) is 7.64.